The van der Waals surface area contributed by atoms with Gasteiger partial charge in [-0.3, -0.25) is 9.48 Å². The molecule has 0 N–H and O–H groups in total. The van der Waals surface area contributed by atoms with E-state index in [-0.39, 0.29) is 12.4 Å². The number of aryl methyl sites for hydroxylation is 1. The largest absolute Gasteiger partial charge is 0.484 e. The van der Waals surface area contributed by atoms with Crippen LogP contribution < -0.4 is 4.74 Å². The van der Waals surface area contributed by atoms with Crippen LogP contribution in [0.25, 0.3) is 6.08 Å². The fraction of sp³-hybridized carbons (Fsp3) is 0.158. The number of nitrogens with zero attached hydrogens (tertiary/aromatic N) is 2. The fourth-order valence-corrected chi connectivity index (χ4v) is 2.55. The first kappa shape index (κ1) is 18.3. The second-order valence-electron chi connectivity index (χ2n) is 5.45. The fourth-order valence-electron chi connectivity index (χ4n) is 2.22. The van der Waals surface area contributed by atoms with Gasteiger partial charge in [0.2, 0.25) is 0 Å². The summed E-state index contributed by atoms with van der Waals surface area (Å²) >= 11 is 12.0. The van der Waals surface area contributed by atoms with Crippen LogP contribution in [0.2, 0.25) is 10.0 Å². The number of ketones is 1. The number of halogens is 2. The van der Waals surface area contributed by atoms with Crippen molar-refractivity contribution in [2.45, 2.75) is 20.1 Å². The number of carbonyl (C=O) groups is 1. The van der Waals surface area contributed by atoms with Crippen LogP contribution >= 0.6 is 23.2 Å². The number of hydrogen-bond donors (Lipinski definition) is 0. The van der Waals surface area contributed by atoms with Crippen molar-refractivity contribution in [1.29, 1.82) is 0 Å². The Labute approximate surface area is 160 Å². The summed E-state index contributed by atoms with van der Waals surface area (Å²) in [6.07, 6.45) is 6.32. The molecule has 3 rings (SSSR count). The Bertz CT molecular complexity index is 944. The third kappa shape index (κ3) is 4.56. The molecule has 0 fully saturated rings. The first-order chi connectivity index (χ1) is 12.5. The number of hydrogen-bond acceptors (Lipinski definition) is 4. The zero-order valence-electron chi connectivity index (χ0n) is 14.0. The van der Waals surface area contributed by atoms with Gasteiger partial charge in [0, 0.05) is 23.8 Å². The Kier molecular flexibility index (Phi) is 5.81. The highest BCUT2D eigenvalue weighted by molar-refractivity contribution is 6.34. The van der Waals surface area contributed by atoms with Gasteiger partial charge in [0.15, 0.2) is 5.78 Å². The van der Waals surface area contributed by atoms with Crippen molar-refractivity contribution >= 4 is 35.1 Å². The van der Waals surface area contributed by atoms with E-state index in [0.717, 1.165) is 6.54 Å². The maximum atomic E-state index is 12.1. The van der Waals surface area contributed by atoms with Crippen molar-refractivity contribution in [2.24, 2.45) is 0 Å². The van der Waals surface area contributed by atoms with Gasteiger partial charge in [-0.1, -0.05) is 23.2 Å². The Morgan fingerprint density at radius 1 is 1.31 bits per heavy atom. The van der Waals surface area contributed by atoms with Crippen molar-refractivity contribution in [2.75, 3.05) is 0 Å². The van der Waals surface area contributed by atoms with E-state index in [1.54, 1.807) is 53.5 Å². The van der Waals surface area contributed by atoms with Gasteiger partial charge < -0.3 is 9.15 Å². The van der Waals surface area contributed by atoms with E-state index in [2.05, 4.69) is 5.10 Å². The highest BCUT2D eigenvalue weighted by Gasteiger charge is 2.07. The van der Waals surface area contributed by atoms with E-state index in [1.807, 2.05) is 6.92 Å². The van der Waals surface area contributed by atoms with E-state index in [4.69, 9.17) is 32.4 Å². The first-order valence-corrected chi connectivity index (χ1v) is 8.72. The molecule has 1 aromatic carbocycles. The minimum atomic E-state index is -0.135. The summed E-state index contributed by atoms with van der Waals surface area (Å²) in [4.78, 5) is 12.1. The number of ether oxygens (including phenoxy) is 1. The van der Waals surface area contributed by atoms with Gasteiger partial charge in [-0.2, -0.15) is 5.10 Å². The number of furan rings is 1. The van der Waals surface area contributed by atoms with Crippen molar-refractivity contribution in [3.63, 3.8) is 0 Å². The van der Waals surface area contributed by atoms with E-state index in [9.17, 15) is 4.79 Å². The number of carbonyl (C=O) groups excluding carboxylic acids is 1. The number of aromatic nitrogens is 2. The van der Waals surface area contributed by atoms with E-state index in [0.29, 0.717) is 32.9 Å². The van der Waals surface area contributed by atoms with Crippen LogP contribution in [0, 0.1) is 0 Å². The minimum absolute atomic E-state index is 0.135. The Morgan fingerprint density at radius 2 is 2.15 bits per heavy atom. The summed E-state index contributed by atoms with van der Waals surface area (Å²) in [6, 6.07) is 8.54. The molecule has 3 aromatic rings. The summed E-state index contributed by atoms with van der Waals surface area (Å²) < 4.78 is 12.9. The SMILES string of the molecule is CCn1cc(C(=O)/C=C/c2ccc(COc3cc(Cl)ccc3Cl)o2)cn1. The lowest BCUT2D eigenvalue weighted by Gasteiger charge is -2.06. The van der Waals surface area contributed by atoms with Crippen LogP contribution in [0.3, 0.4) is 0 Å². The highest BCUT2D eigenvalue weighted by atomic mass is 35.5. The van der Waals surface area contributed by atoms with Crippen LogP contribution in [0.15, 0.2) is 53.2 Å². The molecule has 0 aliphatic heterocycles. The normalized spacial score (nSPS) is 11.2. The van der Waals surface area contributed by atoms with Crippen LogP contribution in [0.1, 0.15) is 28.8 Å². The zero-order chi connectivity index (χ0) is 18.5. The average Bonchev–Trinajstić information content (AvgIpc) is 3.29. The van der Waals surface area contributed by atoms with Crippen LogP contribution in [0.4, 0.5) is 0 Å². The molecule has 0 radical (unpaired) electrons. The van der Waals surface area contributed by atoms with Gasteiger partial charge >= 0.3 is 0 Å². The number of benzene rings is 1. The zero-order valence-corrected chi connectivity index (χ0v) is 15.5. The molecule has 0 spiro atoms. The molecule has 0 unspecified atom stereocenters. The minimum Gasteiger partial charge on any atom is -0.484 e. The lowest BCUT2D eigenvalue weighted by atomic mass is 10.2. The van der Waals surface area contributed by atoms with E-state index >= 15 is 0 Å². The monoisotopic (exact) mass is 390 g/mol. The maximum Gasteiger partial charge on any atom is 0.189 e. The van der Waals surface area contributed by atoms with Gasteiger partial charge in [0.1, 0.15) is 23.9 Å². The molecule has 2 heterocycles. The molecule has 0 aliphatic carbocycles. The predicted octanol–water partition coefficient (Wildman–Crippen LogP) is 5.28. The molecule has 0 saturated heterocycles. The predicted molar refractivity (Wildman–Crippen MR) is 101 cm³/mol. The van der Waals surface area contributed by atoms with Crippen LogP contribution in [-0.2, 0) is 13.2 Å². The summed E-state index contributed by atoms with van der Waals surface area (Å²) in [5.74, 6) is 1.50. The van der Waals surface area contributed by atoms with Gasteiger partial charge in [-0.25, -0.2) is 0 Å². The third-order valence-corrected chi connectivity index (χ3v) is 4.13. The van der Waals surface area contributed by atoms with Gasteiger partial charge in [-0.15, -0.1) is 0 Å². The molecule has 26 heavy (non-hydrogen) atoms. The van der Waals surface area contributed by atoms with Gasteiger partial charge in [0.25, 0.3) is 0 Å². The summed E-state index contributed by atoms with van der Waals surface area (Å²) in [5, 5.41) is 5.09. The summed E-state index contributed by atoms with van der Waals surface area (Å²) in [5.41, 5.74) is 0.536. The molecule has 7 heteroatoms. The third-order valence-electron chi connectivity index (χ3n) is 3.59. The molecule has 0 saturated carbocycles. The quantitative estimate of drug-likeness (QED) is 0.406. The molecule has 0 bridgehead atoms. The topological polar surface area (TPSA) is 57.3 Å². The first-order valence-electron chi connectivity index (χ1n) is 7.96. The van der Waals surface area contributed by atoms with Gasteiger partial charge in [0.05, 0.1) is 16.8 Å². The van der Waals surface area contributed by atoms with Crippen molar-refractivity contribution in [1.82, 2.24) is 9.78 Å². The maximum absolute atomic E-state index is 12.1. The molecule has 5 nitrogen and oxygen atoms in total. The molecule has 0 atom stereocenters. The summed E-state index contributed by atoms with van der Waals surface area (Å²) in [6.45, 7) is 2.88. The van der Waals surface area contributed by atoms with Gasteiger partial charge in [-0.05, 0) is 43.3 Å². The Balaban J connectivity index is 1.60. The second kappa shape index (κ2) is 8.25. The lowest BCUT2D eigenvalue weighted by Crippen LogP contribution is -1.94. The average molecular weight is 391 g/mol. The standard InChI is InChI=1S/C19H16Cl2N2O3/c1-2-23-11-13(10-22-23)18(24)8-6-15-4-5-16(26-15)12-25-19-9-14(20)3-7-17(19)21/h3-11H,2,12H2,1H3/b8-6+. The van der Waals surface area contributed by atoms with Crippen molar-refractivity contribution in [3.8, 4) is 5.75 Å². The number of rotatable bonds is 7. The van der Waals surface area contributed by atoms with E-state index < -0.39 is 0 Å². The summed E-state index contributed by atoms with van der Waals surface area (Å²) in [7, 11) is 0. The van der Waals surface area contributed by atoms with E-state index in [1.165, 1.54) is 6.08 Å². The number of allylic oxidation sites excluding steroid dienone is 1. The molecule has 134 valence electrons. The molecular formula is C19H16Cl2N2O3. The molecular weight excluding hydrogens is 375 g/mol. The van der Waals surface area contributed by atoms with Crippen LogP contribution in [0.5, 0.6) is 5.75 Å². The highest BCUT2D eigenvalue weighted by Crippen LogP contribution is 2.28. The van der Waals surface area contributed by atoms with Crippen molar-refractivity contribution < 1.29 is 13.9 Å². The smallest absolute Gasteiger partial charge is 0.189 e. The Hall–Kier alpha value is -2.50. The Morgan fingerprint density at radius 3 is 2.92 bits per heavy atom. The second-order valence-corrected chi connectivity index (χ2v) is 6.29. The molecule has 2 aromatic heterocycles. The lowest BCUT2D eigenvalue weighted by molar-refractivity contribution is 0.104. The van der Waals surface area contributed by atoms with Crippen LogP contribution in [-0.4, -0.2) is 15.6 Å². The molecule has 0 aliphatic rings. The molecule has 0 amide bonds. The van der Waals surface area contributed by atoms with Crippen molar-refractivity contribution in [3.05, 3.63) is 75.9 Å².